The van der Waals surface area contributed by atoms with E-state index in [2.05, 4.69) is 32.7 Å². The minimum absolute atomic E-state index is 0.0602. The van der Waals surface area contributed by atoms with E-state index in [1.165, 1.54) is 23.8 Å². The molecular formula is C20H18ClFN4O. The van der Waals surface area contributed by atoms with Gasteiger partial charge in [-0.2, -0.15) is 0 Å². The molecule has 0 spiro atoms. The molecule has 3 rings (SSSR count). The molecule has 1 heterocycles. The summed E-state index contributed by atoms with van der Waals surface area (Å²) in [4.78, 5) is 20.9. The van der Waals surface area contributed by atoms with E-state index < -0.39 is 11.7 Å². The number of aromatic nitrogens is 2. The first-order valence-corrected chi connectivity index (χ1v) is 8.79. The fourth-order valence-corrected chi connectivity index (χ4v) is 2.70. The summed E-state index contributed by atoms with van der Waals surface area (Å²) in [6, 6.07) is 15.6. The van der Waals surface area contributed by atoms with Crippen molar-refractivity contribution in [2.45, 2.75) is 13.3 Å². The lowest BCUT2D eigenvalue weighted by Gasteiger charge is -2.10. The molecule has 1 aromatic heterocycles. The molecule has 0 aliphatic carbocycles. The molecule has 1 amide bonds. The van der Waals surface area contributed by atoms with Crippen LogP contribution in [0.5, 0.6) is 0 Å². The summed E-state index contributed by atoms with van der Waals surface area (Å²) in [6.45, 7) is 2.39. The Hall–Kier alpha value is -2.99. The number of hydrogen-bond acceptors (Lipinski definition) is 4. The maximum absolute atomic E-state index is 13.2. The molecule has 27 heavy (non-hydrogen) atoms. The summed E-state index contributed by atoms with van der Waals surface area (Å²) < 4.78 is 13.2. The van der Waals surface area contributed by atoms with Crippen molar-refractivity contribution in [3.05, 3.63) is 82.5 Å². The van der Waals surface area contributed by atoms with Gasteiger partial charge in [-0.15, -0.1) is 0 Å². The van der Waals surface area contributed by atoms with Gasteiger partial charge in [0, 0.05) is 18.3 Å². The number of halogens is 2. The van der Waals surface area contributed by atoms with Crippen LogP contribution in [0, 0.1) is 12.7 Å². The topological polar surface area (TPSA) is 66.9 Å². The highest BCUT2D eigenvalue weighted by molar-refractivity contribution is 6.31. The molecule has 0 aliphatic rings. The Morgan fingerprint density at radius 3 is 2.63 bits per heavy atom. The zero-order valence-corrected chi connectivity index (χ0v) is 15.4. The second-order valence-electron chi connectivity index (χ2n) is 5.93. The number of carbonyl (C=O) groups excluding carboxylic acids is 1. The lowest BCUT2D eigenvalue weighted by Crippen LogP contribution is -2.16. The van der Waals surface area contributed by atoms with Gasteiger partial charge in [-0.05, 0) is 37.1 Å². The number of amides is 1. The van der Waals surface area contributed by atoms with Gasteiger partial charge in [0.2, 0.25) is 0 Å². The summed E-state index contributed by atoms with van der Waals surface area (Å²) in [5.41, 5.74) is 1.81. The van der Waals surface area contributed by atoms with E-state index in [4.69, 9.17) is 11.6 Å². The van der Waals surface area contributed by atoms with Crippen LogP contribution in [0.25, 0.3) is 0 Å². The Bertz CT molecular complexity index is 950. The van der Waals surface area contributed by atoms with E-state index in [1.54, 1.807) is 13.0 Å². The standard InChI is InChI=1S/C20H18ClFN4O/c1-13-24-18(20(27)26-15-7-8-17(22)16(21)11-15)12-19(25-13)23-10-9-14-5-3-2-4-6-14/h2-8,11-12H,9-10H2,1H3,(H,26,27)(H,23,24,25). The van der Waals surface area contributed by atoms with Gasteiger partial charge < -0.3 is 10.6 Å². The molecule has 0 saturated heterocycles. The van der Waals surface area contributed by atoms with Gasteiger partial charge in [0.05, 0.1) is 5.02 Å². The maximum atomic E-state index is 13.2. The Balaban J connectivity index is 1.66. The first-order valence-electron chi connectivity index (χ1n) is 8.41. The summed E-state index contributed by atoms with van der Waals surface area (Å²) in [6.07, 6.45) is 0.833. The fourth-order valence-electron chi connectivity index (χ4n) is 2.52. The van der Waals surface area contributed by atoms with Crippen LogP contribution in [0.15, 0.2) is 54.6 Å². The van der Waals surface area contributed by atoms with E-state index >= 15 is 0 Å². The number of rotatable bonds is 6. The summed E-state index contributed by atoms with van der Waals surface area (Å²) >= 11 is 5.74. The van der Waals surface area contributed by atoms with Crippen LogP contribution >= 0.6 is 11.6 Å². The Labute approximate surface area is 161 Å². The number of benzene rings is 2. The van der Waals surface area contributed by atoms with Crippen molar-refractivity contribution >= 4 is 29.0 Å². The van der Waals surface area contributed by atoms with E-state index in [1.807, 2.05) is 18.2 Å². The quantitative estimate of drug-likeness (QED) is 0.657. The number of aryl methyl sites for hydroxylation is 1. The van der Waals surface area contributed by atoms with Gasteiger partial charge in [-0.1, -0.05) is 41.9 Å². The highest BCUT2D eigenvalue weighted by atomic mass is 35.5. The Morgan fingerprint density at radius 2 is 1.89 bits per heavy atom. The number of hydrogen-bond donors (Lipinski definition) is 2. The van der Waals surface area contributed by atoms with E-state index in [9.17, 15) is 9.18 Å². The van der Waals surface area contributed by atoms with Crippen LogP contribution in [-0.4, -0.2) is 22.4 Å². The lowest BCUT2D eigenvalue weighted by atomic mass is 10.1. The number of nitrogens with zero attached hydrogens (tertiary/aromatic N) is 2. The molecule has 2 aromatic carbocycles. The summed E-state index contributed by atoms with van der Waals surface area (Å²) in [5.74, 6) is 0.0782. The maximum Gasteiger partial charge on any atom is 0.274 e. The van der Waals surface area contributed by atoms with Crippen LogP contribution in [0.1, 0.15) is 21.9 Å². The van der Waals surface area contributed by atoms with Crippen LogP contribution in [0.3, 0.4) is 0 Å². The SMILES string of the molecule is Cc1nc(NCCc2ccccc2)cc(C(=O)Nc2ccc(F)c(Cl)c2)n1. The van der Waals surface area contributed by atoms with Crippen molar-refractivity contribution in [3.8, 4) is 0 Å². The van der Waals surface area contributed by atoms with Crippen molar-refractivity contribution in [1.29, 1.82) is 0 Å². The predicted octanol–water partition coefficient (Wildman–Crippen LogP) is 4.48. The molecular weight excluding hydrogens is 367 g/mol. The first-order chi connectivity index (χ1) is 13.0. The van der Waals surface area contributed by atoms with Crippen molar-refractivity contribution < 1.29 is 9.18 Å². The molecule has 0 saturated carbocycles. The summed E-state index contributed by atoms with van der Waals surface area (Å²) in [7, 11) is 0. The second kappa shape index (κ2) is 8.60. The number of anilines is 2. The molecule has 3 aromatic rings. The van der Waals surface area contributed by atoms with Gasteiger partial charge in [0.1, 0.15) is 23.2 Å². The molecule has 2 N–H and O–H groups in total. The minimum Gasteiger partial charge on any atom is -0.370 e. The van der Waals surface area contributed by atoms with Crippen LogP contribution < -0.4 is 10.6 Å². The molecule has 0 radical (unpaired) electrons. The molecule has 0 fully saturated rings. The zero-order chi connectivity index (χ0) is 19.2. The third-order valence-electron chi connectivity index (χ3n) is 3.81. The van der Waals surface area contributed by atoms with Crippen LogP contribution in [0.2, 0.25) is 5.02 Å². The Morgan fingerprint density at radius 1 is 1.11 bits per heavy atom. The molecule has 0 unspecified atom stereocenters. The fraction of sp³-hybridized carbons (Fsp3) is 0.150. The smallest absolute Gasteiger partial charge is 0.274 e. The average Bonchev–Trinajstić information content (AvgIpc) is 2.65. The normalized spacial score (nSPS) is 10.5. The number of carbonyl (C=O) groups is 1. The van der Waals surface area contributed by atoms with Crippen molar-refractivity contribution in [3.63, 3.8) is 0 Å². The highest BCUT2D eigenvalue weighted by Gasteiger charge is 2.12. The van der Waals surface area contributed by atoms with Gasteiger partial charge in [0.15, 0.2) is 0 Å². The third kappa shape index (κ3) is 5.24. The largest absolute Gasteiger partial charge is 0.370 e. The molecule has 5 nitrogen and oxygen atoms in total. The zero-order valence-electron chi connectivity index (χ0n) is 14.7. The second-order valence-corrected chi connectivity index (χ2v) is 6.34. The lowest BCUT2D eigenvalue weighted by molar-refractivity contribution is 0.102. The first kappa shape index (κ1) is 18.8. The Kier molecular flexibility index (Phi) is 5.98. The number of nitrogens with one attached hydrogen (secondary N) is 2. The van der Waals surface area contributed by atoms with Crippen LogP contribution in [-0.2, 0) is 6.42 Å². The molecule has 0 bridgehead atoms. The molecule has 138 valence electrons. The van der Waals surface area contributed by atoms with E-state index in [-0.39, 0.29) is 10.7 Å². The van der Waals surface area contributed by atoms with Gasteiger partial charge in [-0.25, -0.2) is 14.4 Å². The average molecular weight is 385 g/mol. The van der Waals surface area contributed by atoms with Crippen molar-refractivity contribution in [1.82, 2.24) is 9.97 Å². The predicted molar refractivity (Wildman–Crippen MR) is 105 cm³/mol. The van der Waals surface area contributed by atoms with Crippen molar-refractivity contribution in [2.24, 2.45) is 0 Å². The van der Waals surface area contributed by atoms with Crippen molar-refractivity contribution in [2.75, 3.05) is 17.2 Å². The highest BCUT2D eigenvalue weighted by Crippen LogP contribution is 2.20. The van der Waals surface area contributed by atoms with Gasteiger partial charge in [-0.3, -0.25) is 4.79 Å². The van der Waals surface area contributed by atoms with Gasteiger partial charge in [0.25, 0.3) is 5.91 Å². The summed E-state index contributed by atoms with van der Waals surface area (Å²) in [5, 5.41) is 5.80. The molecule has 0 atom stereocenters. The van der Waals surface area contributed by atoms with E-state index in [0.29, 0.717) is 23.9 Å². The molecule has 7 heteroatoms. The monoisotopic (exact) mass is 384 g/mol. The van der Waals surface area contributed by atoms with Crippen LogP contribution in [0.4, 0.5) is 15.9 Å². The third-order valence-corrected chi connectivity index (χ3v) is 4.10. The minimum atomic E-state index is -0.544. The molecule has 0 aliphatic heterocycles. The van der Waals surface area contributed by atoms with Gasteiger partial charge >= 0.3 is 0 Å². The van der Waals surface area contributed by atoms with E-state index in [0.717, 1.165) is 6.42 Å².